The summed E-state index contributed by atoms with van der Waals surface area (Å²) in [6.45, 7) is 3.89. The first-order valence-electron chi connectivity index (χ1n) is 35.9. The molecular weight excluding hydrogens is 1400 g/mol. The monoisotopic (exact) mass is 1520 g/mol. The van der Waals surface area contributed by atoms with Crippen LogP contribution >= 0.6 is 0 Å². The number of rotatable bonds is 35. The van der Waals surface area contributed by atoms with Gasteiger partial charge in [0.05, 0.1) is 46.2 Å². The summed E-state index contributed by atoms with van der Waals surface area (Å²) in [7, 11) is 30.5. The Bertz CT molecular complexity index is 2360. The van der Waals surface area contributed by atoms with Gasteiger partial charge in [-0.05, 0) is 19.3 Å². The van der Waals surface area contributed by atoms with Crippen LogP contribution in [0, 0.1) is 0 Å². The van der Waals surface area contributed by atoms with Gasteiger partial charge in [-0.2, -0.15) is 0 Å². The summed E-state index contributed by atoms with van der Waals surface area (Å²) >= 11 is 0. The maximum Gasteiger partial charge on any atom is 0.187 e. The molecule has 0 unspecified atom stereocenters. The standard InChI is InChI=1S/C70H124O35/c1-22-23-24-25-26-27-28-91-63-56(84-15)49-42(35-77-8)98-70(63)105-48-41(34-76-7)97-68(62(90-21)55(48)83-14)103-46-39(32-74-5)95-66(60(88-19)53(46)81-12)101-44-37(30-72-3)93-64(58(86-17)51(44)79-10)99-43-36(29-71-2)92-65(57(85-16)50(43)78-9)100-45-38(31-73-4)94-67(59(87-18)52(45)80-11)102-47-40(33-75-6)96-69(104-49)61(89-20)54(47)82-13/h22,36-70H,1,23-35H2,2-21H3/t36-,37-,38-,39-,40-,41-,42-,43-,44-,45-,46-,47-,48-,49-,50+,51+,52+,53+,54+,55+,56+,57-,58-,59-,60-,61-,62-,63-,64-,65-,66-,67-,68-,69-,70-/m1/s1. The number of methoxy groups -OCH3 is 20. The van der Waals surface area contributed by atoms with Crippen LogP contribution < -0.4 is 0 Å². The van der Waals surface area contributed by atoms with Crippen LogP contribution in [-0.2, 0) is 166 Å². The summed E-state index contributed by atoms with van der Waals surface area (Å²) in [5.41, 5.74) is 0. The van der Waals surface area contributed by atoms with Crippen LogP contribution in [-0.4, -0.2) is 410 Å². The third-order valence-corrected chi connectivity index (χ3v) is 20.6. The zero-order valence-electron chi connectivity index (χ0n) is 65.0. The second kappa shape index (κ2) is 45.3. The van der Waals surface area contributed by atoms with Crippen molar-refractivity contribution < 1.29 is 166 Å². The maximum absolute atomic E-state index is 7.24. The summed E-state index contributed by atoms with van der Waals surface area (Å²) in [6.07, 6.45) is -29.9. The summed E-state index contributed by atoms with van der Waals surface area (Å²) in [5.74, 6) is 0. The SMILES string of the molecule is C=CCCCCCCO[C@H]1[C@H]2O[C@H]3[C@H](OC)[C@@H](OC)[C@@H](O[C@H]4[C@H](OC)[C@@H](OC)[C@@H](O[C@H]5[C@H](OC)[C@@H](OC)[C@@H](O[C@H]6[C@H](OC)[C@@H](OC)[C@@H](O[C@H]7[C@H](OC)[C@@H](OC)[C@@H](O[C@H]8[C@H](OC)[C@@H](OC)[C@@H](O[C@@H]([C@@H]1OC)[C@@H](COC)O2)O[C@@H]8COC)O[C@@H]7COC)O[C@@H]6COC)O[C@@H]5COC)O[C@@H]4COC)O[C@@H]3COC. The molecule has 614 valence electrons. The van der Waals surface area contributed by atoms with E-state index in [1.807, 2.05) is 6.08 Å². The molecule has 15 aliphatic rings. The lowest BCUT2D eigenvalue weighted by Gasteiger charge is -2.52. The van der Waals surface area contributed by atoms with Crippen molar-refractivity contribution in [2.75, 3.05) is 195 Å². The van der Waals surface area contributed by atoms with Crippen LogP contribution in [0.4, 0.5) is 0 Å². The van der Waals surface area contributed by atoms with Gasteiger partial charge in [-0.1, -0.05) is 18.9 Å². The molecule has 0 aromatic heterocycles. The molecule has 15 fully saturated rings. The molecular formula is C70H124O35. The predicted molar refractivity (Wildman–Crippen MR) is 361 cm³/mol. The molecule has 15 aliphatic heterocycles. The van der Waals surface area contributed by atoms with Crippen molar-refractivity contribution in [1.29, 1.82) is 0 Å². The smallest absolute Gasteiger partial charge is 0.187 e. The Balaban J connectivity index is 1.25. The van der Waals surface area contributed by atoms with Gasteiger partial charge in [0.15, 0.2) is 44.0 Å². The number of allylic oxidation sites excluding steroid dienone is 1. The molecule has 0 amide bonds. The second-order valence-corrected chi connectivity index (χ2v) is 26.6. The first-order chi connectivity index (χ1) is 51.2. The van der Waals surface area contributed by atoms with Crippen LogP contribution in [0.2, 0.25) is 0 Å². The predicted octanol–water partition coefficient (Wildman–Crippen LogP) is 1.01. The minimum Gasteiger partial charge on any atom is -0.382 e. The Kier molecular flexibility index (Phi) is 38.3. The van der Waals surface area contributed by atoms with Gasteiger partial charge in [-0.3, -0.25) is 0 Å². The van der Waals surface area contributed by atoms with E-state index in [4.69, 9.17) is 166 Å². The van der Waals surface area contributed by atoms with Gasteiger partial charge in [0.2, 0.25) is 0 Å². The largest absolute Gasteiger partial charge is 0.382 e. The van der Waals surface area contributed by atoms with Crippen molar-refractivity contribution in [3.8, 4) is 0 Å². The van der Waals surface area contributed by atoms with Gasteiger partial charge in [0.25, 0.3) is 0 Å². The molecule has 35 nitrogen and oxygen atoms in total. The van der Waals surface area contributed by atoms with Crippen LogP contribution in [0.25, 0.3) is 0 Å². The van der Waals surface area contributed by atoms with E-state index in [1.165, 1.54) is 121 Å². The van der Waals surface area contributed by atoms with Crippen molar-refractivity contribution in [2.24, 2.45) is 0 Å². The Hall–Kier alpha value is -1.66. The highest BCUT2D eigenvalue weighted by Crippen LogP contribution is 2.43. The summed E-state index contributed by atoms with van der Waals surface area (Å²) in [5, 5.41) is 0. The highest BCUT2D eigenvalue weighted by molar-refractivity contribution is 5.04. The minimum atomic E-state index is -1.23. The topological polar surface area (TPSA) is 323 Å². The molecule has 0 aliphatic carbocycles. The van der Waals surface area contributed by atoms with E-state index >= 15 is 0 Å². The van der Waals surface area contributed by atoms with E-state index in [9.17, 15) is 0 Å². The first-order valence-corrected chi connectivity index (χ1v) is 35.9. The Morgan fingerprint density at radius 1 is 0.210 bits per heavy atom. The van der Waals surface area contributed by atoms with Crippen molar-refractivity contribution in [1.82, 2.24) is 0 Å². The molecule has 105 heavy (non-hydrogen) atoms. The van der Waals surface area contributed by atoms with Crippen LogP contribution in [0.15, 0.2) is 12.7 Å². The van der Waals surface area contributed by atoms with Crippen molar-refractivity contribution in [2.45, 2.75) is 247 Å². The molecule has 15 saturated heterocycles. The number of hydrogen-bond acceptors (Lipinski definition) is 35. The van der Waals surface area contributed by atoms with Gasteiger partial charge >= 0.3 is 0 Å². The van der Waals surface area contributed by atoms with Crippen LogP contribution in [0.5, 0.6) is 0 Å². The van der Waals surface area contributed by atoms with Gasteiger partial charge in [0.1, 0.15) is 171 Å². The summed E-state index contributed by atoms with van der Waals surface area (Å²) in [6, 6.07) is 0. The van der Waals surface area contributed by atoms with E-state index in [-0.39, 0.29) is 52.9 Å². The minimum absolute atomic E-state index is 0.0385. The zero-order valence-corrected chi connectivity index (χ0v) is 65.0. The van der Waals surface area contributed by atoms with Gasteiger partial charge in [-0.25, -0.2) is 0 Å². The molecule has 0 saturated carbocycles. The Morgan fingerprint density at radius 3 is 0.552 bits per heavy atom. The maximum atomic E-state index is 7.24. The number of ether oxygens (including phenoxy) is 35. The quantitative estimate of drug-likeness (QED) is 0.0631. The third-order valence-electron chi connectivity index (χ3n) is 20.6. The van der Waals surface area contributed by atoms with Crippen molar-refractivity contribution in [3.05, 3.63) is 12.7 Å². The van der Waals surface area contributed by atoms with Gasteiger partial charge in [0, 0.05) is 149 Å². The fourth-order valence-corrected chi connectivity index (χ4v) is 15.7. The third kappa shape index (κ3) is 20.8. The van der Waals surface area contributed by atoms with E-state index < -0.39 is 215 Å². The molecule has 35 atom stereocenters. The number of hydrogen-bond donors (Lipinski definition) is 0. The van der Waals surface area contributed by atoms with Gasteiger partial charge in [-0.15, -0.1) is 6.58 Å². The lowest BCUT2D eigenvalue weighted by molar-refractivity contribution is -0.403. The van der Waals surface area contributed by atoms with Crippen molar-refractivity contribution in [3.63, 3.8) is 0 Å². The molecule has 0 aromatic rings. The lowest BCUT2D eigenvalue weighted by Crippen LogP contribution is -2.69. The second-order valence-electron chi connectivity index (χ2n) is 26.6. The number of unbranched alkanes of at least 4 members (excludes halogenated alkanes) is 4. The summed E-state index contributed by atoms with van der Waals surface area (Å²) in [4.78, 5) is 0. The average Bonchev–Trinajstić information content (AvgIpc) is 0.800. The number of fused-ring (bicyclic) bond motifs is 7. The molecule has 0 aromatic carbocycles. The summed E-state index contributed by atoms with van der Waals surface area (Å²) < 4.78 is 229. The molecule has 0 spiro atoms. The molecule has 15 rings (SSSR count). The van der Waals surface area contributed by atoms with E-state index in [0.717, 1.165) is 25.7 Å². The van der Waals surface area contributed by atoms with E-state index in [2.05, 4.69) is 6.58 Å². The van der Waals surface area contributed by atoms with Crippen LogP contribution in [0.3, 0.4) is 0 Å². The Labute approximate surface area is 618 Å². The zero-order chi connectivity index (χ0) is 75.9. The molecule has 0 N–H and O–H groups in total. The fraction of sp³-hybridized carbons (Fsp3) is 0.971. The van der Waals surface area contributed by atoms with E-state index in [1.54, 1.807) is 21.3 Å². The van der Waals surface area contributed by atoms with E-state index in [0.29, 0.717) is 6.42 Å². The first kappa shape index (κ1) is 88.9. The molecule has 14 bridgehead atoms. The van der Waals surface area contributed by atoms with Crippen molar-refractivity contribution >= 4 is 0 Å². The molecule has 15 heterocycles. The van der Waals surface area contributed by atoms with Gasteiger partial charge < -0.3 is 166 Å². The normalized spacial score (nSPS) is 43.8. The average molecular weight is 1530 g/mol. The lowest BCUT2D eigenvalue weighted by atomic mass is 9.94. The highest BCUT2D eigenvalue weighted by Gasteiger charge is 2.62. The highest BCUT2D eigenvalue weighted by atomic mass is 16.8. The fourth-order valence-electron chi connectivity index (χ4n) is 15.7. The molecule has 35 heteroatoms. The molecule has 0 radical (unpaired) electrons. The van der Waals surface area contributed by atoms with Crippen LogP contribution in [0.1, 0.15) is 32.1 Å². The Morgan fingerprint density at radius 2 is 0.381 bits per heavy atom.